The van der Waals surface area contributed by atoms with E-state index in [0.717, 1.165) is 11.3 Å². The smallest absolute Gasteiger partial charge is 0.258 e. The van der Waals surface area contributed by atoms with Crippen LogP contribution in [0.2, 0.25) is 0 Å². The quantitative estimate of drug-likeness (QED) is 0.782. The molecule has 4 nitrogen and oxygen atoms in total. The average Bonchev–Trinajstić information content (AvgIpc) is 2.20. The molecule has 15 heavy (non-hydrogen) atoms. The topological polar surface area (TPSA) is 46.4 Å². The summed E-state index contributed by atoms with van der Waals surface area (Å²) in [6.07, 6.45) is 1.80. The van der Waals surface area contributed by atoms with Crippen LogP contribution in [0.4, 0.5) is 0 Å². The zero-order chi connectivity index (χ0) is 10.8. The zero-order valence-electron chi connectivity index (χ0n) is 8.82. The summed E-state index contributed by atoms with van der Waals surface area (Å²) in [7, 11) is 1.83. The Morgan fingerprint density at radius 2 is 2.27 bits per heavy atom. The fraction of sp³-hybridized carbons (Fsp3) is 0.273. The Kier molecular flexibility index (Phi) is 2.51. The number of aryl methyl sites for hydroxylation is 1. The van der Waals surface area contributed by atoms with Gasteiger partial charge in [0.1, 0.15) is 5.65 Å². The standard InChI is InChI=1S/C11H13N3O/c1-8-3-4-10-13-9(6-12-2)5-11(15)14(10)7-8/h3-5,7,12H,6H2,1-2H3. The minimum atomic E-state index is -0.0334. The minimum absolute atomic E-state index is 0.0334. The number of nitrogens with zero attached hydrogens (tertiary/aromatic N) is 2. The number of hydrogen-bond acceptors (Lipinski definition) is 3. The second-order valence-corrected chi connectivity index (χ2v) is 3.55. The van der Waals surface area contributed by atoms with Gasteiger partial charge in [0.15, 0.2) is 0 Å². The molecule has 0 spiro atoms. The SMILES string of the molecule is CNCc1cc(=O)n2cc(C)ccc2n1. The van der Waals surface area contributed by atoms with Crippen LogP contribution in [0.3, 0.4) is 0 Å². The zero-order valence-corrected chi connectivity index (χ0v) is 8.82. The monoisotopic (exact) mass is 203 g/mol. The van der Waals surface area contributed by atoms with Gasteiger partial charge in [-0.3, -0.25) is 9.20 Å². The summed E-state index contributed by atoms with van der Waals surface area (Å²) in [6.45, 7) is 2.56. The van der Waals surface area contributed by atoms with Crippen LogP contribution in [0.15, 0.2) is 29.2 Å². The van der Waals surface area contributed by atoms with Crippen LogP contribution in [0.1, 0.15) is 11.3 Å². The fourth-order valence-electron chi connectivity index (χ4n) is 1.53. The first-order valence-electron chi connectivity index (χ1n) is 4.84. The van der Waals surface area contributed by atoms with Crippen LogP contribution in [0.25, 0.3) is 5.65 Å². The maximum absolute atomic E-state index is 11.7. The van der Waals surface area contributed by atoms with Crippen LogP contribution in [0.5, 0.6) is 0 Å². The summed E-state index contributed by atoms with van der Waals surface area (Å²) in [5.74, 6) is 0. The molecule has 0 bridgehead atoms. The van der Waals surface area contributed by atoms with Gasteiger partial charge in [-0.2, -0.15) is 0 Å². The lowest BCUT2D eigenvalue weighted by Crippen LogP contribution is -2.18. The molecule has 0 aliphatic heterocycles. The van der Waals surface area contributed by atoms with Crippen molar-refractivity contribution >= 4 is 5.65 Å². The third kappa shape index (κ3) is 1.89. The van der Waals surface area contributed by atoms with Crippen molar-refractivity contribution in [1.29, 1.82) is 0 Å². The second-order valence-electron chi connectivity index (χ2n) is 3.55. The largest absolute Gasteiger partial charge is 0.314 e. The molecule has 2 aromatic heterocycles. The van der Waals surface area contributed by atoms with Crippen molar-refractivity contribution in [2.24, 2.45) is 0 Å². The highest BCUT2D eigenvalue weighted by atomic mass is 16.1. The molecule has 78 valence electrons. The predicted molar refractivity (Wildman–Crippen MR) is 59.0 cm³/mol. The molecule has 0 aliphatic carbocycles. The molecule has 0 saturated carbocycles. The van der Waals surface area contributed by atoms with Gasteiger partial charge in [0.05, 0.1) is 5.69 Å². The van der Waals surface area contributed by atoms with E-state index in [1.807, 2.05) is 26.1 Å². The molecule has 0 saturated heterocycles. The summed E-state index contributed by atoms with van der Waals surface area (Å²) >= 11 is 0. The number of nitrogens with one attached hydrogen (secondary N) is 1. The summed E-state index contributed by atoms with van der Waals surface area (Å²) in [5, 5.41) is 2.98. The molecular formula is C11H13N3O. The highest BCUT2D eigenvalue weighted by Crippen LogP contribution is 2.01. The molecule has 0 unspecified atom stereocenters. The molecular weight excluding hydrogens is 190 g/mol. The first-order valence-corrected chi connectivity index (χ1v) is 4.84. The molecule has 2 aromatic rings. The highest BCUT2D eigenvalue weighted by molar-refractivity contribution is 5.39. The maximum Gasteiger partial charge on any atom is 0.258 e. The Labute approximate surface area is 87.6 Å². The van der Waals surface area contributed by atoms with Crippen LogP contribution in [0, 0.1) is 6.92 Å². The van der Waals surface area contributed by atoms with E-state index in [1.165, 1.54) is 0 Å². The maximum atomic E-state index is 11.7. The highest BCUT2D eigenvalue weighted by Gasteiger charge is 2.01. The number of rotatable bonds is 2. The van der Waals surface area contributed by atoms with E-state index in [1.54, 1.807) is 16.7 Å². The average molecular weight is 203 g/mol. The lowest BCUT2D eigenvalue weighted by molar-refractivity contribution is 0.785. The van der Waals surface area contributed by atoms with E-state index in [4.69, 9.17) is 0 Å². The van der Waals surface area contributed by atoms with Crippen molar-refractivity contribution in [2.75, 3.05) is 7.05 Å². The number of aromatic nitrogens is 2. The van der Waals surface area contributed by atoms with E-state index in [-0.39, 0.29) is 5.56 Å². The van der Waals surface area contributed by atoms with Gasteiger partial charge in [-0.15, -0.1) is 0 Å². The molecule has 0 radical (unpaired) electrons. The third-order valence-corrected chi connectivity index (χ3v) is 2.22. The Morgan fingerprint density at radius 3 is 3.00 bits per heavy atom. The van der Waals surface area contributed by atoms with E-state index < -0.39 is 0 Å². The van der Waals surface area contributed by atoms with Crippen molar-refractivity contribution in [2.45, 2.75) is 13.5 Å². The Bertz CT molecular complexity index is 545. The van der Waals surface area contributed by atoms with E-state index in [2.05, 4.69) is 10.3 Å². The second kappa shape index (κ2) is 3.82. The van der Waals surface area contributed by atoms with Gasteiger partial charge in [-0.1, -0.05) is 6.07 Å². The van der Waals surface area contributed by atoms with Crippen molar-refractivity contribution in [3.8, 4) is 0 Å². The van der Waals surface area contributed by atoms with Crippen molar-refractivity contribution in [3.05, 3.63) is 46.0 Å². The minimum Gasteiger partial charge on any atom is -0.314 e. The van der Waals surface area contributed by atoms with Gasteiger partial charge >= 0.3 is 0 Å². The third-order valence-electron chi connectivity index (χ3n) is 2.22. The van der Waals surface area contributed by atoms with Crippen molar-refractivity contribution in [3.63, 3.8) is 0 Å². The first kappa shape index (κ1) is 9.86. The normalized spacial score (nSPS) is 10.8. The van der Waals surface area contributed by atoms with Gasteiger partial charge in [-0.05, 0) is 25.6 Å². The van der Waals surface area contributed by atoms with Crippen molar-refractivity contribution < 1.29 is 0 Å². The molecule has 4 heteroatoms. The molecule has 2 heterocycles. The lowest BCUT2D eigenvalue weighted by Gasteiger charge is -2.04. The van der Waals surface area contributed by atoms with Gasteiger partial charge in [0.2, 0.25) is 0 Å². The summed E-state index contributed by atoms with van der Waals surface area (Å²) < 4.78 is 1.56. The summed E-state index contributed by atoms with van der Waals surface area (Å²) in [5.41, 5.74) is 2.48. The number of pyridine rings is 1. The van der Waals surface area contributed by atoms with E-state index >= 15 is 0 Å². The molecule has 2 rings (SSSR count). The van der Waals surface area contributed by atoms with Crippen LogP contribution in [-0.4, -0.2) is 16.4 Å². The summed E-state index contributed by atoms with van der Waals surface area (Å²) in [6, 6.07) is 5.36. The van der Waals surface area contributed by atoms with E-state index in [9.17, 15) is 4.79 Å². The van der Waals surface area contributed by atoms with Crippen LogP contribution < -0.4 is 10.9 Å². The number of hydrogen-bond donors (Lipinski definition) is 1. The van der Waals surface area contributed by atoms with Crippen LogP contribution >= 0.6 is 0 Å². The Balaban J connectivity index is 2.67. The van der Waals surface area contributed by atoms with Crippen molar-refractivity contribution in [1.82, 2.24) is 14.7 Å². The first-order chi connectivity index (χ1) is 7.20. The van der Waals surface area contributed by atoms with Crippen LogP contribution in [-0.2, 0) is 6.54 Å². The molecule has 0 atom stereocenters. The molecule has 0 aliphatic rings. The van der Waals surface area contributed by atoms with E-state index in [0.29, 0.717) is 12.2 Å². The Hall–Kier alpha value is -1.68. The van der Waals surface area contributed by atoms with Gasteiger partial charge in [0, 0.05) is 18.8 Å². The summed E-state index contributed by atoms with van der Waals surface area (Å²) in [4.78, 5) is 16.1. The predicted octanol–water partition coefficient (Wildman–Crippen LogP) is 0.722. The molecule has 0 aromatic carbocycles. The van der Waals surface area contributed by atoms with Gasteiger partial charge in [-0.25, -0.2) is 4.98 Å². The fourth-order valence-corrected chi connectivity index (χ4v) is 1.53. The van der Waals surface area contributed by atoms with Gasteiger partial charge < -0.3 is 5.32 Å². The number of fused-ring (bicyclic) bond motifs is 1. The molecule has 0 amide bonds. The lowest BCUT2D eigenvalue weighted by atomic mass is 10.3. The molecule has 1 N–H and O–H groups in total. The molecule has 0 fully saturated rings. The van der Waals surface area contributed by atoms with Gasteiger partial charge in [0.25, 0.3) is 5.56 Å². The Morgan fingerprint density at radius 1 is 1.47 bits per heavy atom.